The second-order valence-corrected chi connectivity index (χ2v) is 5.66. The van der Waals surface area contributed by atoms with Gasteiger partial charge >= 0.3 is 5.97 Å². The second-order valence-electron chi connectivity index (χ2n) is 3.10. The van der Waals surface area contributed by atoms with Crippen LogP contribution in [-0.4, -0.2) is 19.5 Å². The molecule has 0 spiro atoms. The summed E-state index contributed by atoms with van der Waals surface area (Å²) in [7, 11) is 1.35. The Hall–Kier alpha value is -1.07. The minimum absolute atomic E-state index is 0.0778. The van der Waals surface area contributed by atoms with E-state index < -0.39 is 15.0 Å². The summed E-state index contributed by atoms with van der Waals surface area (Å²) < 4.78 is 22.0. The third-order valence-corrected chi connectivity index (χ3v) is 3.30. The first-order chi connectivity index (χ1) is 6.80. The van der Waals surface area contributed by atoms with Crippen LogP contribution in [-0.2, 0) is 20.3 Å². The van der Waals surface area contributed by atoms with Crippen LogP contribution in [0.25, 0.3) is 0 Å². The Morgan fingerprint density at radius 3 is 2.53 bits per heavy atom. The summed E-state index contributed by atoms with van der Waals surface area (Å²) in [4.78, 5) is 10.4. The Bertz CT molecular complexity index is 493. The van der Waals surface area contributed by atoms with Gasteiger partial charge in [-0.25, -0.2) is 8.42 Å². The van der Waals surface area contributed by atoms with E-state index in [0.717, 1.165) is 5.56 Å². The van der Waals surface area contributed by atoms with Gasteiger partial charge in [-0.3, -0.25) is 4.79 Å². The second kappa shape index (κ2) is 4.20. The monoisotopic (exact) mass is 248 g/mol. The van der Waals surface area contributed by atoms with Crippen molar-refractivity contribution in [3.8, 4) is 0 Å². The highest BCUT2D eigenvalue weighted by Gasteiger charge is 2.12. The largest absolute Gasteiger partial charge is 0.481 e. The minimum atomic E-state index is -3.80. The lowest BCUT2D eigenvalue weighted by Crippen LogP contribution is -2.03. The van der Waals surface area contributed by atoms with Crippen molar-refractivity contribution < 1.29 is 18.3 Å². The first-order valence-electron chi connectivity index (χ1n) is 4.06. The van der Waals surface area contributed by atoms with Gasteiger partial charge in [-0.2, -0.15) is 0 Å². The van der Waals surface area contributed by atoms with Crippen LogP contribution >= 0.6 is 10.7 Å². The maximum Gasteiger partial charge on any atom is 0.307 e. The minimum Gasteiger partial charge on any atom is -0.481 e. The molecule has 0 amide bonds. The van der Waals surface area contributed by atoms with Crippen molar-refractivity contribution in [1.29, 1.82) is 0 Å². The molecule has 1 aromatic carbocycles. The number of rotatable bonds is 3. The fourth-order valence-corrected chi connectivity index (χ4v) is 1.95. The highest BCUT2D eigenvalue weighted by atomic mass is 35.7. The van der Waals surface area contributed by atoms with Crippen LogP contribution in [0.4, 0.5) is 0 Å². The fraction of sp³-hybridized carbons (Fsp3) is 0.222. The van der Waals surface area contributed by atoms with E-state index in [-0.39, 0.29) is 11.3 Å². The van der Waals surface area contributed by atoms with Gasteiger partial charge in [0, 0.05) is 10.7 Å². The zero-order valence-corrected chi connectivity index (χ0v) is 9.47. The summed E-state index contributed by atoms with van der Waals surface area (Å²) in [5.41, 5.74) is 1.17. The van der Waals surface area contributed by atoms with E-state index in [4.69, 9.17) is 15.8 Å². The molecule has 0 saturated heterocycles. The molecular weight excluding hydrogens is 240 g/mol. The number of carboxylic acids is 1. The summed E-state index contributed by atoms with van der Waals surface area (Å²) in [6.45, 7) is 1.71. The number of carbonyl (C=O) groups is 1. The van der Waals surface area contributed by atoms with Gasteiger partial charge in [0.15, 0.2) is 0 Å². The van der Waals surface area contributed by atoms with Gasteiger partial charge in [-0.1, -0.05) is 6.07 Å². The standard InChI is InChI=1S/C9H9ClO4S/c1-6-2-3-8(15(10,13)14)4-7(6)5-9(11)12/h2-4H,5H2,1H3,(H,11,12). The average Bonchev–Trinajstić information content (AvgIpc) is 2.06. The molecule has 15 heavy (non-hydrogen) atoms. The zero-order valence-electron chi connectivity index (χ0n) is 7.90. The molecule has 1 aromatic rings. The van der Waals surface area contributed by atoms with E-state index in [0.29, 0.717) is 5.56 Å². The Morgan fingerprint density at radius 1 is 1.47 bits per heavy atom. The van der Waals surface area contributed by atoms with Gasteiger partial charge in [0.2, 0.25) is 0 Å². The molecule has 0 unspecified atom stereocenters. The molecule has 0 saturated carbocycles. The lowest BCUT2D eigenvalue weighted by atomic mass is 10.1. The number of aliphatic carboxylic acids is 1. The van der Waals surface area contributed by atoms with Gasteiger partial charge in [-0.15, -0.1) is 0 Å². The number of halogens is 1. The lowest BCUT2D eigenvalue weighted by Gasteiger charge is -2.04. The van der Waals surface area contributed by atoms with Crippen molar-refractivity contribution in [1.82, 2.24) is 0 Å². The predicted molar refractivity (Wildman–Crippen MR) is 55.6 cm³/mol. The van der Waals surface area contributed by atoms with Gasteiger partial charge < -0.3 is 5.11 Å². The highest BCUT2D eigenvalue weighted by molar-refractivity contribution is 8.13. The van der Waals surface area contributed by atoms with E-state index in [1.807, 2.05) is 0 Å². The number of aryl methyl sites for hydroxylation is 1. The highest BCUT2D eigenvalue weighted by Crippen LogP contribution is 2.19. The van der Waals surface area contributed by atoms with Crippen LogP contribution in [0.5, 0.6) is 0 Å². The molecular formula is C9H9ClO4S. The Balaban J connectivity index is 3.23. The Labute approximate surface area is 91.9 Å². The van der Waals surface area contributed by atoms with Crippen LogP contribution in [0.1, 0.15) is 11.1 Å². The normalized spacial score (nSPS) is 11.3. The molecule has 0 atom stereocenters. The molecule has 0 aliphatic heterocycles. The van der Waals surface area contributed by atoms with Crippen molar-refractivity contribution >= 4 is 25.7 Å². The lowest BCUT2D eigenvalue weighted by molar-refractivity contribution is -0.136. The molecule has 0 fully saturated rings. The molecule has 0 aliphatic rings. The van der Waals surface area contributed by atoms with Gasteiger partial charge in [0.05, 0.1) is 11.3 Å². The van der Waals surface area contributed by atoms with E-state index >= 15 is 0 Å². The third kappa shape index (κ3) is 3.21. The summed E-state index contributed by atoms with van der Waals surface area (Å²) in [5, 5.41) is 8.60. The van der Waals surface area contributed by atoms with Crippen molar-refractivity contribution in [2.45, 2.75) is 18.2 Å². The summed E-state index contributed by atoms with van der Waals surface area (Å²) in [6, 6.07) is 4.17. The number of benzene rings is 1. The van der Waals surface area contributed by atoms with Crippen LogP contribution in [0.15, 0.2) is 23.1 Å². The maximum absolute atomic E-state index is 11.0. The fourth-order valence-electron chi connectivity index (χ4n) is 1.15. The Morgan fingerprint density at radius 2 is 2.07 bits per heavy atom. The predicted octanol–water partition coefficient (Wildman–Crippen LogP) is 1.55. The zero-order chi connectivity index (χ0) is 11.6. The van der Waals surface area contributed by atoms with Crippen molar-refractivity contribution in [2.24, 2.45) is 0 Å². The van der Waals surface area contributed by atoms with Crippen LogP contribution < -0.4 is 0 Å². The van der Waals surface area contributed by atoms with Crippen molar-refractivity contribution in [2.75, 3.05) is 0 Å². The number of carboxylic acid groups (broad SMARTS) is 1. The molecule has 1 N–H and O–H groups in total. The topological polar surface area (TPSA) is 71.4 Å². The van der Waals surface area contributed by atoms with E-state index in [1.54, 1.807) is 6.92 Å². The molecule has 0 aromatic heterocycles. The van der Waals surface area contributed by atoms with E-state index in [2.05, 4.69) is 0 Å². The number of hydrogen-bond donors (Lipinski definition) is 1. The quantitative estimate of drug-likeness (QED) is 0.824. The molecule has 0 heterocycles. The molecule has 1 rings (SSSR count). The first kappa shape index (κ1) is 12.0. The van der Waals surface area contributed by atoms with Crippen molar-refractivity contribution in [3.63, 3.8) is 0 Å². The van der Waals surface area contributed by atoms with Gasteiger partial charge in [0.1, 0.15) is 0 Å². The molecule has 0 aliphatic carbocycles. The van der Waals surface area contributed by atoms with Crippen LogP contribution in [0.3, 0.4) is 0 Å². The summed E-state index contributed by atoms with van der Waals surface area (Å²) in [6.07, 6.45) is -0.216. The molecule has 4 nitrogen and oxygen atoms in total. The SMILES string of the molecule is Cc1ccc(S(=O)(=O)Cl)cc1CC(=O)O. The first-order valence-corrected chi connectivity index (χ1v) is 6.37. The third-order valence-electron chi connectivity index (χ3n) is 1.94. The molecule has 0 bridgehead atoms. The van der Waals surface area contributed by atoms with Crippen molar-refractivity contribution in [3.05, 3.63) is 29.3 Å². The van der Waals surface area contributed by atoms with Gasteiger partial charge in [-0.05, 0) is 30.2 Å². The molecule has 82 valence electrons. The average molecular weight is 249 g/mol. The molecule has 0 radical (unpaired) electrons. The van der Waals surface area contributed by atoms with E-state index in [9.17, 15) is 13.2 Å². The van der Waals surface area contributed by atoms with Gasteiger partial charge in [0.25, 0.3) is 9.05 Å². The maximum atomic E-state index is 11.0. The molecule has 6 heteroatoms. The number of hydrogen-bond acceptors (Lipinski definition) is 3. The summed E-state index contributed by atoms with van der Waals surface area (Å²) in [5.74, 6) is -1.01. The van der Waals surface area contributed by atoms with Crippen LogP contribution in [0, 0.1) is 6.92 Å². The smallest absolute Gasteiger partial charge is 0.307 e. The van der Waals surface area contributed by atoms with Crippen LogP contribution in [0.2, 0.25) is 0 Å². The van der Waals surface area contributed by atoms with E-state index in [1.165, 1.54) is 18.2 Å². The summed E-state index contributed by atoms with van der Waals surface area (Å²) >= 11 is 0. The Kier molecular flexibility index (Phi) is 3.36.